The van der Waals surface area contributed by atoms with Gasteiger partial charge in [0, 0.05) is 25.2 Å². The van der Waals surface area contributed by atoms with E-state index in [2.05, 4.69) is 5.32 Å². The van der Waals surface area contributed by atoms with Crippen molar-refractivity contribution in [2.45, 2.75) is 25.7 Å². The minimum atomic E-state index is -0.803. The zero-order chi connectivity index (χ0) is 15.2. The number of hydrogen-bond donors (Lipinski definition) is 2. The Morgan fingerprint density at radius 1 is 1.33 bits per heavy atom. The zero-order valence-electron chi connectivity index (χ0n) is 11.7. The third-order valence-corrected chi connectivity index (χ3v) is 3.67. The molecule has 0 saturated carbocycles. The molecule has 0 bridgehead atoms. The Morgan fingerprint density at radius 3 is 2.71 bits per heavy atom. The highest BCUT2D eigenvalue weighted by molar-refractivity contribution is 5.89. The van der Waals surface area contributed by atoms with Crippen LogP contribution in [-0.2, 0) is 4.79 Å². The number of urea groups is 1. The van der Waals surface area contributed by atoms with Crippen LogP contribution in [0.2, 0.25) is 0 Å². The number of piperidine rings is 1. The first-order chi connectivity index (χ1) is 10.0. The number of nitrogens with one attached hydrogen (secondary N) is 1. The Hall–Kier alpha value is -2.11. The standard InChI is InChI=1S/C15H19FN2O3/c16-12-4-6-13(7-5-12)17-15(21)18-9-1-2-11(10-18)3-8-14(19)20/h4-7,11H,1-3,8-10H2,(H,17,21)(H,19,20)/t11-/m0/s1. The maximum atomic E-state index is 12.8. The molecule has 1 heterocycles. The van der Waals surface area contributed by atoms with Gasteiger partial charge in [-0.1, -0.05) is 0 Å². The topological polar surface area (TPSA) is 69.6 Å². The second-order valence-electron chi connectivity index (χ2n) is 5.32. The lowest BCUT2D eigenvalue weighted by Gasteiger charge is -2.32. The molecule has 114 valence electrons. The average Bonchev–Trinajstić information content (AvgIpc) is 2.48. The summed E-state index contributed by atoms with van der Waals surface area (Å²) in [7, 11) is 0. The van der Waals surface area contributed by atoms with Gasteiger partial charge >= 0.3 is 12.0 Å². The van der Waals surface area contributed by atoms with E-state index in [1.165, 1.54) is 24.3 Å². The van der Waals surface area contributed by atoms with E-state index in [4.69, 9.17) is 5.11 Å². The maximum Gasteiger partial charge on any atom is 0.321 e. The first-order valence-corrected chi connectivity index (χ1v) is 7.08. The van der Waals surface area contributed by atoms with Crippen molar-refractivity contribution in [3.63, 3.8) is 0 Å². The van der Waals surface area contributed by atoms with Gasteiger partial charge in [0.2, 0.25) is 0 Å². The molecule has 0 spiro atoms. The molecule has 2 amide bonds. The molecule has 21 heavy (non-hydrogen) atoms. The first-order valence-electron chi connectivity index (χ1n) is 7.08. The lowest BCUT2D eigenvalue weighted by atomic mass is 9.93. The number of anilines is 1. The van der Waals surface area contributed by atoms with Gasteiger partial charge in [-0.25, -0.2) is 9.18 Å². The Kier molecular flexibility index (Phi) is 5.14. The van der Waals surface area contributed by atoms with Crippen LogP contribution in [0.1, 0.15) is 25.7 Å². The molecule has 1 aliphatic heterocycles. The Balaban J connectivity index is 1.86. The predicted molar refractivity (Wildman–Crippen MR) is 76.6 cm³/mol. The SMILES string of the molecule is O=C(O)CC[C@@H]1CCCN(C(=O)Nc2ccc(F)cc2)C1. The van der Waals surface area contributed by atoms with E-state index in [0.717, 1.165) is 12.8 Å². The molecule has 0 aliphatic carbocycles. The highest BCUT2D eigenvalue weighted by Gasteiger charge is 2.24. The molecule has 2 rings (SSSR count). The highest BCUT2D eigenvalue weighted by Crippen LogP contribution is 2.21. The molecule has 0 radical (unpaired) electrons. The fourth-order valence-corrected chi connectivity index (χ4v) is 2.55. The molecule has 1 atom stereocenters. The Bertz CT molecular complexity index is 504. The van der Waals surface area contributed by atoms with Gasteiger partial charge in [0.15, 0.2) is 0 Å². The molecule has 6 heteroatoms. The molecule has 1 aromatic carbocycles. The summed E-state index contributed by atoms with van der Waals surface area (Å²) >= 11 is 0. The van der Waals surface area contributed by atoms with Crippen LogP contribution < -0.4 is 5.32 Å². The van der Waals surface area contributed by atoms with Crippen LogP contribution in [0.4, 0.5) is 14.9 Å². The summed E-state index contributed by atoms with van der Waals surface area (Å²) < 4.78 is 12.8. The summed E-state index contributed by atoms with van der Waals surface area (Å²) in [4.78, 5) is 24.4. The van der Waals surface area contributed by atoms with Crippen molar-refractivity contribution in [2.24, 2.45) is 5.92 Å². The van der Waals surface area contributed by atoms with Crippen LogP contribution in [-0.4, -0.2) is 35.1 Å². The van der Waals surface area contributed by atoms with Crippen molar-refractivity contribution in [3.05, 3.63) is 30.1 Å². The third-order valence-electron chi connectivity index (χ3n) is 3.67. The molecular formula is C15H19FN2O3. The highest BCUT2D eigenvalue weighted by atomic mass is 19.1. The van der Waals surface area contributed by atoms with Gasteiger partial charge < -0.3 is 15.3 Å². The van der Waals surface area contributed by atoms with Crippen molar-refractivity contribution in [1.82, 2.24) is 4.90 Å². The van der Waals surface area contributed by atoms with Gasteiger partial charge in [0.05, 0.1) is 0 Å². The van der Waals surface area contributed by atoms with E-state index in [9.17, 15) is 14.0 Å². The molecule has 1 aromatic rings. The van der Waals surface area contributed by atoms with Gasteiger partial charge in [-0.2, -0.15) is 0 Å². The summed E-state index contributed by atoms with van der Waals surface area (Å²) in [5.41, 5.74) is 0.550. The molecule has 5 nitrogen and oxygen atoms in total. The van der Waals surface area contributed by atoms with Crippen LogP contribution in [0.5, 0.6) is 0 Å². The van der Waals surface area contributed by atoms with E-state index in [1.807, 2.05) is 0 Å². The number of rotatable bonds is 4. The third kappa shape index (κ3) is 4.73. The number of carbonyl (C=O) groups is 2. The zero-order valence-corrected chi connectivity index (χ0v) is 11.7. The van der Waals surface area contributed by atoms with Crippen LogP contribution in [0, 0.1) is 11.7 Å². The van der Waals surface area contributed by atoms with Crippen molar-refractivity contribution in [1.29, 1.82) is 0 Å². The summed E-state index contributed by atoms with van der Waals surface area (Å²) in [6.07, 6.45) is 2.56. The molecule has 2 N–H and O–H groups in total. The summed E-state index contributed by atoms with van der Waals surface area (Å²) in [5.74, 6) is -0.920. The van der Waals surface area contributed by atoms with Gasteiger partial charge in [-0.05, 0) is 49.4 Å². The quantitative estimate of drug-likeness (QED) is 0.897. The number of amides is 2. The number of likely N-dealkylation sites (tertiary alicyclic amines) is 1. The number of nitrogens with zero attached hydrogens (tertiary/aromatic N) is 1. The summed E-state index contributed by atoms with van der Waals surface area (Å²) in [5, 5.41) is 11.4. The van der Waals surface area contributed by atoms with Gasteiger partial charge in [-0.15, -0.1) is 0 Å². The first kappa shape index (κ1) is 15.3. The number of benzene rings is 1. The molecule has 1 fully saturated rings. The second kappa shape index (κ2) is 7.06. The van der Waals surface area contributed by atoms with E-state index >= 15 is 0 Å². The number of carbonyl (C=O) groups excluding carboxylic acids is 1. The van der Waals surface area contributed by atoms with Gasteiger partial charge in [-0.3, -0.25) is 4.79 Å². The van der Waals surface area contributed by atoms with Crippen molar-refractivity contribution in [3.8, 4) is 0 Å². The summed E-state index contributed by atoms with van der Waals surface area (Å²) in [6.45, 7) is 1.23. The average molecular weight is 294 g/mol. The van der Waals surface area contributed by atoms with Gasteiger partial charge in [0.1, 0.15) is 5.82 Å². The van der Waals surface area contributed by atoms with Crippen LogP contribution in [0.25, 0.3) is 0 Å². The van der Waals surface area contributed by atoms with Crippen LogP contribution in [0.15, 0.2) is 24.3 Å². The Labute approximate surface area is 122 Å². The normalized spacial score (nSPS) is 18.3. The van der Waals surface area contributed by atoms with Crippen molar-refractivity contribution < 1.29 is 19.1 Å². The van der Waals surface area contributed by atoms with E-state index in [1.54, 1.807) is 4.90 Å². The van der Waals surface area contributed by atoms with E-state index in [-0.39, 0.29) is 24.2 Å². The lowest BCUT2D eigenvalue weighted by Crippen LogP contribution is -2.42. The lowest BCUT2D eigenvalue weighted by molar-refractivity contribution is -0.137. The number of carboxylic acids is 1. The largest absolute Gasteiger partial charge is 0.481 e. The number of hydrogen-bond acceptors (Lipinski definition) is 2. The minimum absolute atomic E-state index is 0.137. The Morgan fingerprint density at radius 2 is 2.05 bits per heavy atom. The number of aliphatic carboxylic acids is 1. The molecule has 1 aliphatic rings. The molecule has 0 unspecified atom stereocenters. The van der Waals surface area contributed by atoms with Gasteiger partial charge in [0.25, 0.3) is 0 Å². The summed E-state index contributed by atoms with van der Waals surface area (Å²) in [6, 6.07) is 5.39. The smallest absolute Gasteiger partial charge is 0.321 e. The fourth-order valence-electron chi connectivity index (χ4n) is 2.55. The number of carboxylic acid groups (broad SMARTS) is 1. The monoisotopic (exact) mass is 294 g/mol. The van der Waals surface area contributed by atoms with Crippen LogP contribution >= 0.6 is 0 Å². The number of halogens is 1. The maximum absolute atomic E-state index is 12.8. The molecule has 1 saturated heterocycles. The molecule has 0 aromatic heterocycles. The fraction of sp³-hybridized carbons (Fsp3) is 0.467. The molecular weight excluding hydrogens is 275 g/mol. The predicted octanol–water partition coefficient (Wildman–Crippen LogP) is 2.93. The minimum Gasteiger partial charge on any atom is -0.481 e. The van der Waals surface area contributed by atoms with Crippen LogP contribution in [0.3, 0.4) is 0 Å². The van der Waals surface area contributed by atoms with Crippen molar-refractivity contribution in [2.75, 3.05) is 18.4 Å². The van der Waals surface area contributed by atoms with Crippen molar-refractivity contribution >= 4 is 17.7 Å². The second-order valence-corrected chi connectivity index (χ2v) is 5.32. The van der Waals surface area contributed by atoms with E-state index in [0.29, 0.717) is 25.2 Å². The van der Waals surface area contributed by atoms with E-state index < -0.39 is 5.97 Å².